The summed E-state index contributed by atoms with van der Waals surface area (Å²) in [6.45, 7) is 5.98. The van der Waals surface area contributed by atoms with Gasteiger partial charge in [-0.25, -0.2) is 9.50 Å². The Labute approximate surface area is 147 Å². The molecule has 0 saturated heterocycles. The Morgan fingerprint density at radius 1 is 1.08 bits per heavy atom. The summed E-state index contributed by atoms with van der Waals surface area (Å²) >= 11 is 0. The largest absolute Gasteiger partial charge is 0.384 e. The molecule has 6 heteroatoms. The van der Waals surface area contributed by atoms with Crippen LogP contribution in [0.2, 0.25) is 0 Å². The summed E-state index contributed by atoms with van der Waals surface area (Å²) < 4.78 is 1.85. The van der Waals surface area contributed by atoms with Crippen molar-refractivity contribution in [3.8, 4) is 11.1 Å². The van der Waals surface area contributed by atoms with Crippen molar-refractivity contribution in [1.29, 1.82) is 0 Å². The smallest absolute Gasteiger partial charge is 0.165 e. The average molecular weight is 336 g/mol. The summed E-state index contributed by atoms with van der Waals surface area (Å²) in [6, 6.07) is 8.52. The van der Waals surface area contributed by atoms with Gasteiger partial charge >= 0.3 is 0 Å². The number of aryl methyl sites for hydroxylation is 1. The Morgan fingerprint density at radius 2 is 2.00 bits per heavy atom. The van der Waals surface area contributed by atoms with E-state index >= 15 is 0 Å². The molecule has 1 aliphatic rings. The zero-order valence-electron chi connectivity index (χ0n) is 14.8. The number of benzene rings is 1. The van der Waals surface area contributed by atoms with E-state index in [0.717, 1.165) is 55.3 Å². The molecule has 0 aliphatic carbocycles. The zero-order chi connectivity index (χ0) is 17.2. The average Bonchev–Trinajstić information content (AvgIpc) is 3.04. The first-order chi connectivity index (χ1) is 12.2. The molecule has 0 spiro atoms. The van der Waals surface area contributed by atoms with Gasteiger partial charge < -0.3 is 15.5 Å². The van der Waals surface area contributed by atoms with Gasteiger partial charge in [-0.2, -0.15) is 5.10 Å². The normalized spacial score (nSPS) is 15.7. The molecule has 0 saturated carbocycles. The Morgan fingerprint density at radius 3 is 2.92 bits per heavy atom. The van der Waals surface area contributed by atoms with Gasteiger partial charge in [0.2, 0.25) is 0 Å². The molecule has 4 bridgehead atoms. The molecule has 0 fully saturated rings. The van der Waals surface area contributed by atoms with Crippen LogP contribution in [0.4, 0.5) is 11.5 Å². The molecule has 0 atom stereocenters. The van der Waals surface area contributed by atoms with Crippen LogP contribution in [-0.2, 0) is 0 Å². The van der Waals surface area contributed by atoms with Gasteiger partial charge in [0.05, 0.1) is 6.20 Å². The monoisotopic (exact) mass is 336 g/mol. The van der Waals surface area contributed by atoms with Crippen LogP contribution < -0.4 is 15.5 Å². The van der Waals surface area contributed by atoms with Crippen molar-refractivity contribution >= 4 is 17.2 Å². The van der Waals surface area contributed by atoms with Gasteiger partial charge in [-0.1, -0.05) is 6.07 Å². The third kappa shape index (κ3) is 3.17. The highest BCUT2D eigenvalue weighted by atomic mass is 15.3. The fourth-order valence-electron chi connectivity index (χ4n) is 3.26. The molecule has 0 radical (unpaired) electrons. The summed E-state index contributed by atoms with van der Waals surface area (Å²) in [5.74, 6) is 0.982. The van der Waals surface area contributed by atoms with E-state index in [-0.39, 0.29) is 0 Å². The zero-order valence-corrected chi connectivity index (χ0v) is 14.8. The lowest BCUT2D eigenvalue weighted by molar-refractivity contribution is 0.654. The molecule has 0 amide bonds. The van der Waals surface area contributed by atoms with Crippen molar-refractivity contribution < 1.29 is 0 Å². The van der Waals surface area contributed by atoms with Crippen LogP contribution in [0.1, 0.15) is 12.0 Å². The fraction of sp³-hybridized carbons (Fsp3) is 0.368. The van der Waals surface area contributed by atoms with E-state index in [1.54, 1.807) is 0 Å². The van der Waals surface area contributed by atoms with Crippen molar-refractivity contribution in [3.05, 3.63) is 42.2 Å². The van der Waals surface area contributed by atoms with Crippen molar-refractivity contribution in [2.45, 2.75) is 13.3 Å². The highest BCUT2D eigenvalue weighted by molar-refractivity contribution is 5.81. The van der Waals surface area contributed by atoms with Crippen LogP contribution in [0.3, 0.4) is 0 Å². The Hall–Kier alpha value is -2.60. The number of nitrogens with zero attached hydrogens (tertiary/aromatic N) is 4. The van der Waals surface area contributed by atoms with Crippen LogP contribution in [0.15, 0.2) is 36.7 Å². The van der Waals surface area contributed by atoms with Gasteiger partial charge in [0.15, 0.2) is 5.65 Å². The van der Waals surface area contributed by atoms with Crippen LogP contribution in [0.25, 0.3) is 16.8 Å². The highest BCUT2D eigenvalue weighted by Gasteiger charge is 2.13. The number of rotatable bonds is 0. The van der Waals surface area contributed by atoms with E-state index in [1.807, 2.05) is 23.0 Å². The second-order valence-electron chi connectivity index (χ2n) is 6.59. The van der Waals surface area contributed by atoms with E-state index in [9.17, 15) is 0 Å². The molecule has 3 aromatic rings. The molecule has 1 aromatic carbocycles. The molecular formula is C19H24N6. The second-order valence-corrected chi connectivity index (χ2v) is 6.59. The van der Waals surface area contributed by atoms with Crippen molar-refractivity contribution in [3.63, 3.8) is 0 Å². The number of aromatic nitrogens is 3. The van der Waals surface area contributed by atoms with E-state index < -0.39 is 0 Å². The summed E-state index contributed by atoms with van der Waals surface area (Å²) in [5.41, 5.74) is 5.51. The third-order valence-electron chi connectivity index (χ3n) is 4.75. The molecule has 1 aliphatic heterocycles. The molecule has 2 aromatic heterocycles. The second kappa shape index (κ2) is 6.72. The summed E-state index contributed by atoms with van der Waals surface area (Å²) in [5, 5.41) is 11.5. The molecule has 3 heterocycles. The SMILES string of the molecule is Cc1ccc2cc1-c1cnn3ccc(nc13)N(C)CCCNCCN2. The molecule has 25 heavy (non-hydrogen) atoms. The Balaban J connectivity index is 1.85. The van der Waals surface area contributed by atoms with Crippen LogP contribution >= 0.6 is 0 Å². The van der Waals surface area contributed by atoms with Gasteiger partial charge in [0.25, 0.3) is 0 Å². The van der Waals surface area contributed by atoms with Gasteiger partial charge in [-0.3, -0.25) is 0 Å². The van der Waals surface area contributed by atoms with Gasteiger partial charge in [-0.05, 0) is 49.2 Å². The maximum atomic E-state index is 4.89. The predicted molar refractivity (Wildman–Crippen MR) is 102 cm³/mol. The maximum absolute atomic E-state index is 4.89. The van der Waals surface area contributed by atoms with Crippen LogP contribution in [-0.4, -0.2) is 47.8 Å². The molecule has 130 valence electrons. The van der Waals surface area contributed by atoms with Crippen molar-refractivity contribution in [1.82, 2.24) is 19.9 Å². The number of nitrogens with one attached hydrogen (secondary N) is 2. The van der Waals surface area contributed by atoms with Crippen LogP contribution in [0, 0.1) is 6.92 Å². The minimum atomic E-state index is 0.901. The third-order valence-corrected chi connectivity index (χ3v) is 4.75. The maximum Gasteiger partial charge on any atom is 0.165 e. The Kier molecular flexibility index (Phi) is 4.28. The topological polar surface area (TPSA) is 57.5 Å². The van der Waals surface area contributed by atoms with E-state index in [4.69, 9.17) is 4.98 Å². The number of hydrogen-bond acceptors (Lipinski definition) is 5. The molecule has 6 nitrogen and oxygen atoms in total. The quantitative estimate of drug-likeness (QED) is 0.661. The highest BCUT2D eigenvalue weighted by Crippen LogP contribution is 2.30. The van der Waals surface area contributed by atoms with Gasteiger partial charge in [0, 0.05) is 44.1 Å². The number of fused-ring (bicyclic) bond motifs is 4. The lowest BCUT2D eigenvalue weighted by Gasteiger charge is -2.18. The summed E-state index contributed by atoms with van der Waals surface area (Å²) in [6.07, 6.45) is 4.99. The standard InChI is InChI=1S/C19H24N6/c1-14-4-5-15-12-16(14)17-13-22-25-11-6-18(23-19(17)25)24(2)10-3-7-20-8-9-21-15/h4-6,11-13,20-21H,3,7-10H2,1-2H3. The number of hydrogen-bond donors (Lipinski definition) is 2. The van der Waals surface area contributed by atoms with Crippen molar-refractivity contribution in [2.24, 2.45) is 0 Å². The summed E-state index contributed by atoms with van der Waals surface area (Å²) in [4.78, 5) is 7.10. The van der Waals surface area contributed by atoms with Gasteiger partial charge in [-0.15, -0.1) is 0 Å². The minimum absolute atomic E-state index is 0.901. The molecular weight excluding hydrogens is 312 g/mol. The predicted octanol–water partition coefficient (Wildman–Crippen LogP) is 2.55. The molecule has 4 rings (SSSR count). The molecule has 2 N–H and O–H groups in total. The fourth-order valence-corrected chi connectivity index (χ4v) is 3.26. The summed E-state index contributed by atoms with van der Waals surface area (Å²) in [7, 11) is 2.10. The van der Waals surface area contributed by atoms with E-state index in [2.05, 4.69) is 52.8 Å². The lowest BCUT2D eigenvalue weighted by Crippen LogP contribution is -2.27. The molecule has 0 unspecified atom stereocenters. The Bertz CT molecular complexity index is 885. The van der Waals surface area contributed by atoms with E-state index in [1.165, 1.54) is 11.1 Å². The lowest BCUT2D eigenvalue weighted by atomic mass is 10.0. The van der Waals surface area contributed by atoms with E-state index in [0.29, 0.717) is 0 Å². The number of anilines is 2. The first kappa shape index (κ1) is 15.9. The first-order valence-electron chi connectivity index (χ1n) is 8.83. The van der Waals surface area contributed by atoms with Gasteiger partial charge in [0.1, 0.15) is 5.82 Å². The van der Waals surface area contributed by atoms with Crippen molar-refractivity contribution in [2.75, 3.05) is 43.4 Å². The first-order valence-corrected chi connectivity index (χ1v) is 8.83. The minimum Gasteiger partial charge on any atom is -0.384 e. The van der Waals surface area contributed by atoms with Crippen LogP contribution in [0.5, 0.6) is 0 Å².